The molecule has 0 aliphatic carbocycles. The molecule has 0 saturated carbocycles. The Morgan fingerprint density at radius 2 is 2.05 bits per heavy atom. The first-order chi connectivity index (χ1) is 9.70. The smallest absolute Gasteiger partial charge is 0.218 e. The van der Waals surface area contributed by atoms with Crippen LogP contribution in [0.4, 0.5) is 0 Å². The Labute approximate surface area is 130 Å². The molecule has 1 fully saturated rings. The highest BCUT2D eigenvalue weighted by molar-refractivity contribution is 7.88. The first kappa shape index (κ1) is 16.4. The molecule has 0 bridgehead atoms. The van der Waals surface area contributed by atoms with Crippen LogP contribution in [0.2, 0.25) is 0 Å². The molecule has 0 amide bonds. The first-order valence-corrected chi connectivity index (χ1v) is 8.80. The van der Waals surface area contributed by atoms with E-state index in [1.54, 1.807) is 31.2 Å². The molecule has 21 heavy (non-hydrogen) atoms. The normalized spacial score (nSPS) is 19.3. The van der Waals surface area contributed by atoms with Crippen molar-refractivity contribution < 1.29 is 13.5 Å². The monoisotopic (exact) mass is 328 g/mol. The van der Waals surface area contributed by atoms with Gasteiger partial charge in [0.2, 0.25) is 10.0 Å². The summed E-state index contributed by atoms with van der Waals surface area (Å²) in [6, 6.07) is 6.97. The van der Waals surface area contributed by atoms with Gasteiger partial charge in [0.25, 0.3) is 0 Å². The highest BCUT2D eigenvalue weighted by Crippen LogP contribution is 2.24. The van der Waals surface area contributed by atoms with Crippen LogP contribution in [0.15, 0.2) is 24.3 Å². The molecular weight excluding hydrogens is 308 g/mol. The summed E-state index contributed by atoms with van der Waals surface area (Å²) in [6.45, 7) is 2.44. The van der Waals surface area contributed by atoms with Crippen LogP contribution in [0.25, 0.3) is 0 Å². The van der Waals surface area contributed by atoms with E-state index in [9.17, 15) is 13.5 Å². The van der Waals surface area contributed by atoms with Gasteiger partial charge in [-0.25, -0.2) is 12.7 Å². The zero-order chi connectivity index (χ0) is 15.7. The van der Waals surface area contributed by atoms with Gasteiger partial charge in [-0.3, -0.25) is 0 Å². The Morgan fingerprint density at radius 3 is 2.62 bits per heavy atom. The summed E-state index contributed by atoms with van der Waals surface area (Å²) < 4.78 is 26.3. The van der Waals surface area contributed by atoms with Crippen LogP contribution in [0, 0.1) is 0 Å². The average Bonchev–Trinajstić information content (AvgIpc) is 2.37. The van der Waals surface area contributed by atoms with Gasteiger partial charge in [0, 0.05) is 18.7 Å². The van der Waals surface area contributed by atoms with Gasteiger partial charge in [0.15, 0.2) is 0 Å². The third-order valence-electron chi connectivity index (χ3n) is 3.75. The fourth-order valence-electron chi connectivity index (χ4n) is 2.36. The maximum absolute atomic E-state index is 12.4. The van der Waals surface area contributed by atoms with E-state index < -0.39 is 15.6 Å². The summed E-state index contributed by atoms with van der Waals surface area (Å²) in [4.78, 5) is 0.253. The summed E-state index contributed by atoms with van der Waals surface area (Å²) in [5.74, 6) is -0.0778. The lowest BCUT2D eigenvalue weighted by molar-refractivity contribution is 0.0126. The molecule has 1 aromatic rings. The molecule has 1 heterocycles. The van der Waals surface area contributed by atoms with Gasteiger partial charge in [-0.1, -0.05) is 30.4 Å². The van der Waals surface area contributed by atoms with Crippen molar-refractivity contribution in [3.05, 3.63) is 35.4 Å². The highest BCUT2D eigenvalue weighted by Gasteiger charge is 2.33. The molecule has 0 aromatic heterocycles. The molecule has 1 aliphatic rings. The molecule has 0 spiro atoms. The number of sulfonamides is 1. The van der Waals surface area contributed by atoms with E-state index in [2.05, 4.69) is 0 Å². The van der Waals surface area contributed by atoms with Gasteiger partial charge in [-0.15, -0.1) is 0 Å². The topological polar surface area (TPSA) is 83.6 Å². The summed E-state index contributed by atoms with van der Waals surface area (Å²) in [5, 5.41) is 9.90. The van der Waals surface area contributed by atoms with Crippen LogP contribution in [0.1, 0.15) is 30.9 Å². The van der Waals surface area contributed by atoms with Crippen molar-refractivity contribution in [3.8, 4) is 0 Å². The molecule has 116 valence electrons. The maximum Gasteiger partial charge on any atom is 0.218 e. The van der Waals surface area contributed by atoms with Crippen LogP contribution in [-0.2, 0) is 15.8 Å². The average molecular weight is 328 g/mol. The van der Waals surface area contributed by atoms with Crippen LogP contribution >= 0.6 is 12.2 Å². The Kier molecular flexibility index (Phi) is 4.67. The molecule has 0 radical (unpaired) electrons. The first-order valence-electron chi connectivity index (χ1n) is 6.79. The number of rotatable bonds is 4. The van der Waals surface area contributed by atoms with Gasteiger partial charge in [0.1, 0.15) is 4.99 Å². The van der Waals surface area contributed by atoms with Crippen molar-refractivity contribution in [2.24, 2.45) is 5.73 Å². The summed E-state index contributed by atoms with van der Waals surface area (Å²) in [6.07, 6.45) is 0.915. The van der Waals surface area contributed by atoms with E-state index in [0.717, 1.165) is 0 Å². The summed E-state index contributed by atoms with van der Waals surface area (Å²) in [5.41, 5.74) is 6.13. The van der Waals surface area contributed by atoms with Crippen molar-refractivity contribution in [3.63, 3.8) is 0 Å². The van der Waals surface area contributed by atoms with E-state index in [4.69, 9.17) is 18.0 Å². The molecule has 1 aromatic carbocycles. The van der Waals surface area contributed by atoms with E-state index in [0.29, 0.717) is 37.1 Å². The van der Waals surface area contributed by atoms with Gasteiger partial charge >= 0.3 is 0 Å². The minimum Gasteiger partial charge on any atom is -0.390 e. The molecule has 1 aliphatic heterocycles. The fraction of sp³-hybridized carbons (Fsp3) is 0.500. The molecular formula is C14H20N2O3S2. The molecule has 0 atom stereocenters. The second-order valence-electron chi connectivity index (χ2n) is 5.72. The lowest BCUT2D eigenvalue weighted by Crippen LogP contribution is -2.45. The SMILES string of the molecule is CC1(O)CCN(S(=O)(=O)Cc2cccc(C(N)=S)c2)CC1. The molecule has 0 unspecified atom stereocenters. The van der Waals surface area contributed by atoms with Gasteiger partial charge in [-0.05, 0) is 31.4 Å². The standard InChI is InChI=1S/C14H20N2O3S2/c1-14(17)5-7-16(8-6-14)21(18,19)10-11-3-2-4-12(9-11)13(15)20/h2-4,9,17H,5-8,10H2,1H3,(H2,15,20). The van der Waals surface area contributed by atoms with E-state index in [1.807, 2.05) is 0 Å². The van der Waals surface area contributed by atoms with Gasteiger partial charge in [0.05, 0.1) is 11.4 Å². The third kappa shape index (κ3) is 4.23. The quantitative estimate of drug-likeness (QED) is 0.806. The molecule has 2 rings (SSSR count). The minimum absolute atomic E-state index is 0.0778. The minimum atomic E-state index is -3.39. The number of nitrogens with two attached hydrogens (primary N) is 1. The predicted octanol–water partition coefficient (Wildman–Crippen LogP) is 0.997. The Hall–Kier alpha value is -1.02. The number of hydrogen-bond donors (Lipinski definition) is 2. The third-order valence-corrected chi connectivity index (χ3v) is 5.84. The summed E-state index contributed by atoms with van der Waals surface area (Å²) >= 11 is 4.90. The van der Waals surface area contributed by atoms with Crippen LogP contribution in [0.5, 0.6) is 0 Å². The molecule has 7 heteroatoms. The number of hydrogen-bond acceptors (Lipinski definition) is 4. The van der Waals surface area contributed by atoms with E-state index in [-0.39, 0.29) is 10.7 Å². The Bertz CT molecular complexity index is 631. The molecule has 5 nitrogen and oxygen atoms in total. The predicted molar refractivity (Wildman–Crippen MR) is 86.4 cm³/mol. The van der Waals surface area contributed by atoms with E-state index >= 15 is 0 Å². The Balaban J connectivity index is 2.11. The van der Waals surface area contributed by atoms with Crippen molar-refractivity contribution in [2.75, 3.05) is 13.1 Å². The van der Waals surface area contributed by atoms with Crippen LogP contribution < -0.4 is 5.73 Å². The lowest BCUT2D eigenvalue weighted by Gasteiger charge is -2.35. The van der Waals surface area contributed by atoms with Crippen LogP contribution in [-0.4, -0.2) is 41.5 Å². The number of piperidine rings is 1. The van der Waals surface area contributed by atoms with Gasteiger partial charge in [-0.2, -0.15) is 0 Å². The number of nitrogens with zero attached hydrogens (tertiary/aromatic N) is 1. The number of thiocarbonyl (C=S) groups is 1. The lowest BCUT2D eigenvalue weighted by atomic mass is 9.95. The van der Waals surface area contributed by atoms with Crippen molar-refractivity contribution in [2.45, 2.75) is 31.1 Å². The van der Waals surface area contributed by atoms with E-state index in [1.165, 1.54) is 4.31 Å². The summed E-state index contributed by atoms with van der Waals surface area (Å²) in [7, 11) is -3.39. The maximum atomic E-state index is 12.4. The molecule has 1 saturated heterocycles. The zero-order valence-corrected chi connectivity index (χ0v) is 13.6. The van der Waals surface area contributed by atoms with Gasteiger partial charge < -0.3 is 10.8 Å². The number of benzene rings is 1. The second kappa shape index (κ2) is 6.00. The van der Waals surface area contributed by atoms with Crippen molar-refractivity contribution in [1.29, 1.82) is 0 Å². The Morgan fingerprint density at radius 1 is 1.43 bits per heavy atom. The molecule has 3 N–H and O–H groups in total. The number of aliphatic hydroxyl groups is 1. The second-order valence-corrected chi connectivity index (χ2v) is 8.13. The van der Waals surface area contributed by atoms with Crippen molar-refractivity contribution >= 4 is 27.2 Å². The highest BCUT2D eigenvalue weighted by atomic mass is 32.2. The zero-order valence-electron chi connectivity index (χ0n) is 11.9. The van der Waals surface area contributed by atoms with Crippen molar-refractivity contribution in [1.82, 2.24) is 4.31 Å². The fourth-order valence-corrected chi connectivity index (χ4v) is 4.01. The largest absolute Gasteiger partial charge is 0.390 e. The van der Waals surface area contributed by atoms with Crippen LogP contribution in [0.3, 0.4) is 0 Å².